The number of nitrogens with two attached hydrogens (primary N) is 2. The summed E-state index contributed by atoms with van der Waals surface area (Å²) in [6, 6.07) is 3.75. The maximum absolute atomic E-state index is 5.67. The maximum atomic E-state index is 5.67. The van der Waals surface area contributed by atoms with Crippen LogP contribution in [-0.2, 0) is 5.75 Å². The summed E-state index contributed by atoms with van der Waals surface area (Å²) in [7, 11) is 0. The number of anilines is 2. The van der Waals surface area contributed by atoms with Crippen molar-refractivity contribution >= 4 is 24.0 Å². The first-order valence-electron chi connectivity index (χ1n) is 3.40. The van der Waals surface area contributed by atoms with E-state index in [9.17, 15) is 0 Å². The molecule has 0 saturated carbocycles. The highest BCUT2D eigenvalue weighted by atomic mass is 32.1. The Balaban J connectivity index is 3.21. The van der Waals surface area contributed by atoms with Crippen molar-refractivity contribution in [1.29, 1.82) is 0 Å². The van der Waals surface area contributed by atoms with E-state index in [0.717, 1.165) is 22.5 Å². The minimum absolute atomic E-state index is 0.660. The standard InChI is InChI=1S/C8H12N2S/c1-5-2-6(4-11)8(10)3-7(5)9/h2-3,11H,4,9-10H2,1H3. The second-order valence-electron chi connectivity index (χ2n) is 2.57. The third kappa shape index (κ3) is 1.60. The molecule has 0 heterocycles. The van der Waals surface area contributed by atoms with E-state index >= 15 is 0 Å². The Morgan fingerprint density at radius 3 is 2.45 bits per heavy atom. The molecule has 2 nitrogen and oxygen atoms in total. The van der Waals surface area contributed by atoms with Gasteiger partial charge in [-0.2, -0.15) is 12.6 Å². The van der Waals surface area contributed by atoms with Gasteiger partial charge in [-0.15, -0.1) is 0 Å². The molecule has 0 aromatic heterocycles. The largest absolute Gasteiger partial charge is 0.398 e. The fourth-order valence-corrected chi connectivity index (χ4v) is 1.21. The predicted molar refractivity (Wildman–Crippen MR) is 52.7 cm³/mol. The van der Waals surface area contributed by atoms with Crippen LogP contribution in [0.25, 0.3) is 0 Å². The lowest BCUT2D eigenvalue weighted by Crippen LogP contribution is -1.97. The monoisotopic (exact) mass is 168 g/mol. The molecule has 0 radical (unpaired) electrons. The van der Waals surface area contributed by atoms with Gasteiger partial charge in [0.25, 0.3) is 0 Å². The van der Waals surface area contributed by atoms with E-state index in [-0.39, 0.29) is 0 Å². The van der Waals surface area contributed by atoms with E-state index in [1.54, 1.807) is 6.07 Å². The van der Waals surface area contributed by atoms with E-state index in [4.69, 9.17) is 11.5 Å². The van der Waals surface area contributed by atoms with Crippen LogP contribution in [-0.4, -0.2) is 0 Å². The van der Waals surface area contributed by atoms with Crippen LogP contribution in [0.4, 0.5) is 11.4 Å². The molecule has 0 spiro atoms. The van der Waals surface area contributed by atoms with Gasteiger partial charge in [-0.25, -0.2) is 0 Å². The molecule has 0 aliphatic rings. The van der Waals surface area contributed by atoms with Crippen molar-refractivity contribution in [3.05, 3.63) is 23.3 Å². The highest BCUT2D eigenvalue weighted by molar-refractivity contribution is 7.79. The van der Waals surface area contributed by atoms with Gasteiger partial charge in [0.15, 0.2) is 0 Å². The third-order valence-corrected chi connectivity index (χ3v) is 2.04. The number of hydrogen-bond acceptors (Lipinski definition) is 3. The minimum atomic E-state index is 0.660. The summed E-state index contributed by atoms with van der Waals surface area (Å²) in [5.74, 6) is 0.660. The molecule has 11 heavy (non-hydrogen) atoms. The van der Waals surface area contributed by atoms with Gasteiger partial charge in [0.2, 0.25) is 0 Å². The molecular formula is C8H12N2S. The Bertz CT molecular complexity index is 271. The first-order valence-corrected chi connectivity index (χ1v) is 4.03. The number of nitrogen functional groups attached to an aromatic ring is 2. The first kappa shape index (κ1) is 8.27. The summed E-state index contributed by atoms with van der Waals surface area (Å²) < 4.78 is 0. The Labute approximate surface area is 72.0 Å². The van der Waals surface area contributed by atoms with E-state index in [1.165, 1.54) is 0 Å². The highest BCUT2D eigenvalue weighted by Crippen LogP contribution is 2.21. The number of aryl methyl sites for hydroxylation is 1. The van der Waals surface area contributed by atoms with Gasteiger partial charge < -0.3 is 11.5 Å². The molecule has 3 heteroatoms. The second-order valence-corrected chi connectivity index (χ2v) is 2.88. The Morgan fingerprint density at radius 1 is 1.27 bits per heavy atom. The fourth-order valence-electron chi connectivity index (χ4n) is 0.939. The summed E-state index contributed by atoms with van der Waals surface area (Å²) in [4.78, 5) is 0. The third-order valence-electron chi connectivity index (χ3n) is 1.70. The van der Waals surface area contributed by atoms with Gasteiger partial charge in [0, 0.05) is 17.1 Å². The molecule has 4 N–H and O–H groups in total. The Hall–Kier alpha value is -0.830. The topological polar surface area (TPSA) is 52.0 Å². The number of rotatable bonds is 1. The maximum Gasteiger partial charge on any atom is 0.0375 e. The first-order chi connectivity index (χ1) is 5.15. The van der Waals surface area contributed by atoms with Crippen molar-refractivity contribution in [3.63, 3.8) is 0 Å². The molecule has 0 unspecified atom stereocenters. The summed E-state index contributed by atoms with van der Waals surface area (Å²) in [5.41, 5.74) is 14.9. The van der Waals surface area contributed by atoms with Crippen LogP contribution < -0.4 is 11.5 Å². The lowest BCUT2D eigenvalue weighted by molar-refractivity contribution is 1.37. The molecule has 1 aromatic carbocycles. The molecule has 0 atom stereocenters. The van der Waals surface area contributed by atoms with Crippen LogP contribution in [0, 0.1) is 6.92 Å². The minimum Gasteiger partial charge on any atom is -0.398 e. The van der Waals surface area contributed by atoms with Crippen molar-refractivity contribution in [2.75, 3.05) is 11.5 Å². The Kier molecular flexibility index (Phi) is 2.29. The lowest BCUT2D eigenvalue weighted by atomic mass is 10.1. The Morgan fingerprint density at radius 2 is 1.91 bits per heavy atom. The average Bonchev–Trinajstić information content (AvgIpc) is 1.97. The predicted octanol–water partition coefficient (Wildman–Crippen LogP) is 1.59. The molecule has 0 bridgehead atoms. The van der Waals surface area contributed by atoms with E-state index in [2.05, 4.69) is 12.6 Å². The lowest BCUT2D eigenvalue weighted by Gasteiger charge is -2.06. The van der Waals surface area contributed by atoms with Gasteiger partial charge >= 0.3 is 0 Å². The quantitative estimate of drug-likeness (QED) is 0.440. The number of hydrogen-bond donors (Lipinski definition) is 3. The second kappa shape index (κ2) is 3.05. The van der Waals surface area contributed by atoms with Crippen LogP contribution in [0.1, 0.15) is 11.1 Å². The molecule has 1 rings (SSSR count). The van der Waals surface area contributed by atoms with Crippen molar-refractivity contribution in [3.8, 4) is 0 Å². The smallest absolute Gasteiger partial charge is 0.0375 e. The highest BCUT2D eigenvalue weighted by Gasteiger charge is 1.99. The normalized spacial score (nSPS) is 10.0. The zero-order chi connectivity index (χ0) is 8.43. The van der Waals surface area contributed by atoms with E-state index in [1.807, 2.05) is 13.0 Å². The van der Waals surface area contributed by atoms with Crippen LogP contribution in [0.5, 0.6) is 0 Å². The van der Waals surface area contributed by atoms with Crippen LogP contribution >= 0.6 is 12.6 Å². The zero-order valence-electron chi connectivity index (χ0n) is 6.46. The summed E-state index contributed by atoms with van der Waals surface area (Å²) >= 11 is 4.14. The average molecular weight is 168 g/mol. The molecular weight excluding hydrogens is 156 g/mol. The van der Waals surface area contributed by atoms with Crippen molar-refractivity contribution in [1.82, 2.24) is 0 Å². The zero-order valence-corrected chi connectivity index (χ0v) is 7.36. The molecule has 0 aliphatic heterocycles. The summed E-state index contributed by atoms with van der Waals surface area (Å²) in [6.45, 7) is 1.96. The molecule has 0 amide bonds. The molecule has 1 aromatic rings. The van der Waals surface area contributed by atoms with Crippen molar-refractivity contribution < 1.29 is 0 Å². The summed E-state index contributed by atoms with van der Waals surface area (Å²) in [6.07, 6.45) is 0. The van der Waals surface area contributed by atoms with Crippen LogP contribution in [0.2, 0.25) is 0 Å². The van der Waals surface area contributed by atoms with Gasteiger partial charge in [0.05, 0.1) is 0 Å². The van der Waals surface area contributed by atoms with Crippen LogP contribution in [0.15, 0.2) is 12.1 Å². The number of thiol groups is 1. The van der Waals surface area contributed by atoms with Gasteiger partial charge in [-0.3, -0.25) is 0 Å². The van der Waals surface area contributed by atoms with Crippen molar-refractivity contribution in [2.24, 2.45) is 0 Å². The van der Waals surface area contributed by atoms with Gasteiger partial charge in [-0.05, 0) is 24.1 Å². The fraction of sp³-hybridized carbons (Fsp3) is 0.250. The van der Waals surface area contributed by atoms with Gasteiger partial charge in [0.1, 0.15) is 0 Å². The van der Waals surface area contributed by atoms with Crippen molar-refractivity contribution in [2.45, 2.75) is 12.7 Å². The van der Waals surface area contributed by atoms with Crippen LogP contribution in [0.3, 0.4) is 0 Å². The molecule has 0 fully saturated rings. The molecule has 0 aliphatic carbocycles. The van der Waals surface area contributed by atoms with E-state index < -0.39 is 0 Å². The SMILES string of the molecule is Cc1cc(CS)c(N)cc1N. The summed E-state index contributed by atoms with van der Waals surface area (Å²) in [5, 5.41) is 0. The molecule has 60 valence electrons. The van der Waals surface area contributed by atoms with Gasteiger partial charge in [-0.1, -0.05) is 6.07 Å². The number of benzene rings is 1. The van der Waals surface area contributed by atoms with E-state index in [0.29, 0.717) is 5.75 Å². The molecule has 0 saturated heterocycles.